The predicted octanol–water partition coefficient (Wildman–Crippen LogP) is 2.21. The molecular weight excluding hydrogens is 320 g/mol. The fourth-order valence-electron chi connectivity index (χ4n) is 2.57. The summed E-state index contributed by atoms with van der Waals surface area (Å²) in [7, 11) is 0. The molecule has 0 spiro atoms. The van der Waals surface area contributed by atoms with E-state index in [0.29, 0.717) is 18.1 Å². The van der Waals surface area contributed by atoms with Crippen molar-refractivity contribution in [1.82, 2.24) is 19.5 Å². The van der Waals surface area contributed by atoms with Crippen molar-refractivity contribution in [2.75, 3.05) is 13.1 Å². The van der Waals surface area contributed by atoms with Crippen molar-refractivity contribution in [3.63, 3.8) is 0 Å². The summed E-state index contributed by atoms with van der Waals surface area (Å²) in [5, 5.41) is 14.3. The van der Waals surface area contributed by atoms with Crippen molar-refractivity contribution in [3.8, 4) is 0 Å². The monoisotopic (exact) mass is 338 g/mol. The molecule has 0 atom stereocenters. The first-order chi connectivity index (χ1) is 10.9. The number of likely N-dealkylation sites (tertiary alicyclic amines) is 1. The largest absolute Gasteiger partial charge is 0.476 e. The Bertz CT molecular complexity index is 699. The third-order valence-corrected chi connectivity index (χ3v) is 4.80. The van der Waals surface area contributed by atoms with Crippen LogP contribution < -0.4 is 0 Å². The van der Waals surface area contributed by atoms with E-state index >= 15 is 0 Å². The Hall–Kier alpha value is -2.16. The number of piperidine rings is 1. The van der Waals surface area contributed by atoms with Gasteiger partial charge in [-0.15, -0.1) is 0 Å². The van der Waals surface area contributed by atoms with E-state index in [-0.39, 0.29) is 23.8 Å². The molecule has 3 heterocycles. The molecular formula is C14H18N4O4S. The van der Waals surface area contributed by atoms with Crippen molar-refractivity contribution in [1.29, 1.82) is 0 Å². The van der Waals surface area contributed by atoms with Gasteiger partial charge in [-0.25, -0.2) is 19.1 Å². The number of ether oxygens (including phenoxy) is 1. The minimum absolute atomic E-state index is 0.00144. The van der Waals surface area contributed by atoms with Crippen LogP contribution in [0.2, 0.25) is 0 Å². The Balaban J connectivity index is 1.64. The lowest BCUT2D eigenvalue weighted by atomic mass is 9.98. The molecule has 1 aliphatic rings. The van der Waals surface area contributed by atoms with Crippen molar-refractivity contribution >= 4 is 28.4 Å². The average molecular weight is 338 g/mol. The predicted molar refractivity (Wildman–Crippen MR) is 83.0 cm³/mol. The molecule has 23 heavy (non-hydrogen) atoms. The molecule has 0 bridgehead atoms. The van der Waals surface area contributed by atoms with E-state index in [1.165, 1.54) is 22.0 Å². The number of carbonyl (C=O) groups excluding carboxylic acids is 1. The van der Waals surface area contributed by atoms with Crippen molar-refractivity contribution in [3.05, 3.63) is 16.9 Å². The van der Waals surface area contributed by atoms with Gasteiger partial charge in [0.2, 0.25) is 4.96 Å². The van der Waals surface area contributed by atoms with E-state index in [4.69, 9.17) is 9.84 Å². The molecule has 3 rings (SSSR count). The Morgan fingerprint density at radius 3 is 2.65 bits per heavy atom. The summed E-state index contributed by atoms with van der Waals surface area (Å²) in [6.45, 7) is 4.94. The Morgan fingerprint density at radius 2 is 2.09 bits per heavy atom. The highest BCUT2D eigenvalue weighted by molar-refractivity contribution is 7.16. The maximum absolute atomic E-state index is 11.9. The normalized spacial score (nSPS) is 16.2. The summed E-state index contributed by atoms with van der Waals surface area (Å²) < 4.78 is 6.72. The minimum Gasteiger partial charge on any atom is -0.476 e. The number of hydrogen-bond donors (Lipinski definition) is 1. The van der Waals surface area contributed by atoms with E-state index < -0.39 is 5.97 Å². The first-order valence-electron chi connectivity index (χ1n) is 7.49. The number of aromatic nitrogens is 3. The molecule has 1 amide bonds. The fraction of sp³-hybridized carbons (Fsp3) is 0.571. The standard InChI is InChI=1S/C14H18N4O4S/c1-8(2)22-14(21)17-5-3-9(4-6-17)11-16-18-7-10(12(19)20)15-13(18)23-11/h7-9H,3-6H2,1-2H3,(H,19,20). The number of amides is 1. The lowest BCUT2D eigenvalue weighted by Gasteiger charge is -2.30. The van der Waals surface area contributed by atoms with Crippen LogP contribution in [0.4, 0.5) is 4.79 Å². The smallest absolute Gasteiger partial charge is 0.410 e. The van der Waals surface area contributed by atoms with E-state index in [1.807, 2.05) is 13.8 Å². The number of carboxylic acids is 1. The highest BCUT2D eigenvalue weighted by Crippen LogP contribution is 2.31. The lowest BCUT2D eigenvalue weighted by Crippen LogP contribution is -2.39. The lowest BCUT2D eigenvalue weighted by molar-refractivity contribution is 0.0682. The van der Waals surface area contributed by atoms with Crippen LogP contribution in [0.3, 0.4) is 0 Å². The SMILES string of the molecule is CC(C)OC(=O)N1CCC(c2nn3cc(C(=O)O)nc3s2)CC1. The van der Waals surface area contributed by atoms with Gasteiger partial charge in [-0.2, -0.15) is 5.10 Å². The summed E-state index contributed by atoms with van der Waals surface area (Å²) in [6, 6.07) is 0. The molecule has 0 aromatic carbocycles. The number of hydrogen-bond acceptors (Lipinski definition) is 6. The van der Waals surface area contributed by atoms with Gasteiger partial charge in [-0.05, 0) is 26.7 Å². The van der Waals surface area contributed by atoms with Gasteiger partial charge in [-0.3, -0.25) is 0 Å². The Kier molecular flexibility index (Phi) is 4.20. The van der Waals surface area contributed by atoms with E-state index in [2.05, 4.69) is 10.1 Å². The average Bonchev–Trinajstić information content (AvgIpc) is 3.05. The van der Waals surface area contributed by atoms with Crippen LogP contribution in [-0.2, 0) is 4.74 Å². The zero-order valence-electron chi connectivity index (χ0n) is 12.9. The summed E-state index contributed by atoms with van der Waals surface area (Å²) in [4.78, 5) is 29.1. The van der Waals surface area contributed by atoms with E-state index in [1.54, 1.807) is 4.90 Å². The van der Waals surface area contributed by atoms with E-state index in [9.17, 15) is 9.59 Å². The molecule has 1 aliphatic heterocycles. The quantitative estimate of drug-likeness (QED) is 0.921. The maximum Gasteiger partial charge on any atom is 0.410 e. The molecule has 0 aliphatic carbocycles. The van der Waals surface area contributed by atoms with Crippen molar-refractivity contribution in [2.45, 2.75) is 38.7 Å². The molecule has 0 radical (unpaired) electrons. The molecule has 9 heteroatoms. The number of carboxylic acid groups (broad SMARTS) is 1. The second-order valence-corrected chi connectivity index (χ2v) is 6.78. The van der Waals surface area contributed by atoms with Crippen LogP contribution in [-0.4, -0.2) is 55.9 Å². The summed E-state index contributed by atoms with van der Waals surface area (Å²) in [5.41, 5.74) is 0.00144. The molecule has 124 valence electrons. The Labute approximate surface area is 136 Å². The third-order valence-electron chi connectivity index (χ3n) is 3.72. The highest BCUT2D eigenvalue weighted by atomic mass is 32.1. The van der Waals surface area contributed by atoms with Gasteiger partial charge in [-0.1, -0.05) is 11.3 Å². The van der Waals surface area contributed by atoms with Crippen LogP contribution in [0.5, 0.6) is 0 Å². The number of aromatic carboxylic acids is 1. The highest BCUT2D eigenvalue weighted by Gasteiger charge is 2.27. The number of nitrogens with zero attached hydrogens (tertiary/aromatic N) is 4. The first-order valence-corrected chi connectivity index (χ1v) is 8.30. The van der Waals surface area contributed by atoms with Crippen LogP contribution >= 0.6 is 11.3 Å². The number of carbonyl (C=O) groups is 2. The van der Waals surface area contributed by atoms with Gasteiger partial charge >= 0.3 is 12.1 Å². The number of imidazole rings is 1. The van der Waals surface area contributed by atoms with Gasteiger partial charge in [0.1, 0.15) is 5.01 Å². The van der Waals surface area contributed by atoms with Gasteiger partial charge in [0.15, 0.2) is 5.69 Å². The summed E-state index contributed by atoms with van der Waals surface area (Å²) in [6.07, 6.45) is 2.67. The molecule has 8 nitrogen and oxygen atoms in total. The zero-order chi connectivity index (χ0) is 16.6. The second-order valence-electron chi connectivity index (χ2n) is 5.79. The molecule has 1 N–H and O–H groups in total. The van der Waals surface area contributed by atoms with Crippen LogP contribution in [0.1, 0.15) is 48.1 Å². The Morgan fingerprint density at radius 1 is 1.39 bits per heavy atom. The molecule has 0 unspecified atom stereocenters. The van der Waals surface area contributed by atoms with Gasteiger partial charge < -0.3 is 14.7 Å². The summed E-state index contributed by atoms with van der Waals surface area (Å²) in [5.74, 6) is -0.792. The van der Waals surface area contributed by atoms with Crippen molar-refractivity contribution < 1.29 is 19.4 Å². The second kappa shape index (κ2) is 6.15. The molecule has 2 aromatic rings. The minimum atomic E-state index is -1.05. The van der Waals surface area contributed by atoms with Crippen LogP contribution in [0, 0.1) is 0 Å². The van der Waals surface area contributed by atoms with Gasteiger partial charge in [0.05, 0.1) is 12.3 Å². The summed E-state index contributed by atoms with van der Waals surface area (Å²) >= 11 is 1.41. The molecule has 0 saturated carbocycles. The van der Waals surface area contributed by atoms with Gasteiger partial charge in [0, 0.05) is 19.0 Å². The molecule has 2 aromatic heterocycles. The topological polar surface area (TPSA) is 97.0 Å². The first kappa shape index (κ1) is 15.7. The molecule has 1 fully saturated rings. The number of rotatable bonds is 3. The number of fused-ring (bicyclic) bond motifs is 1. The van der Waals surface area contributed by atoms with Crippen molar-refractivity contribution in [2.24, 2.45) is 0 Å². The van der Waals surface area contributed by atoms with Crippen LogP contribution in [0.25, 0.3) is 4.96 Å². The fourth-order valence-corrected chi connectivity index (χ4v) is 3.62. The van der Waals surface area contributed by atoms with Gasteiger partial charge in [0.25, 0.3) is 0 Å². The maximum atomic E-state index is 11.9. The third kappa shape index (κ3) is 3.29. The van der Waals surface area contributed by atoms with Crippen LogP contribution in [0.15, 0.2) is 6.20 Å². The van der Waals surface area contributed by atoms with E-state index in [0.717, 1.165) is 17.8 Å². The zero-order valence-corrected chi connectivity index (χ0v) is 13.7. The molecule has 1 saturated heterocycles.